The minimum absolute atomic E-state index is 0.162. The van der Waals surface area contributed by atoms with Crippen LogP contribution in [0, 0.1) is 0 Å². The summed E-state index contributed by atoms with van der Waals surface area (Å²) in [6.07, 6.45) is -1.36. The van der Waals surface area contributed by atoms with Crippen LogP contribution in [0.4, 0.5) is 10.5 Å². The molecule has 1 atom stereocenters. The van der Waals surface area contributed by atoms with Crippen LogP contribution in [-0.2, 0) is 20.8 Å². The second-order valence-electron chi connectivity index (χ2n) is 5.65. The lowest BCUT2D eigenvalue weighted by Crippen LogP contribution is -2.33. The molecule has 27 heavy (non-hydrogen) atoms. The fourth-order valence-corrected chi connectivity index (χ4v) is 3.06. The number of carbonyl (C=O) groups is 3. The number of rotatable bonds is 4. The van der Waals surface area contributed by atoms with Crippen molar-refractivity contribution in [2.75, 3.05) is 12.4 Å². The Morgan fingerprint density at radius 3 is 2.63 bits per heavy atom. The zero-order valence-electron chi connectivity index (χ0n) is 14.0. The monoisotopic (exact) mass is 408 g/mol. The topological polar surface area (TPSA) is 93.7 Å². The standard InChI is InChI=1S/C18H14Cl2N2O5/c1-26-17(24)15(12-5-4-11(19)7-13(12)20)27-16(23)9-2-3-10-8-21-18(25)22-14(10)6-9/h2-7,15H,8H2,1H3,(H2,21,22,25). The molecule has 0 saturated heterocycles. The molecule has 2 amide bonds. The van der Waals surface area contributed by atoms with E-state index in [0.717, 1.165) is 5.56 Å². The van der Waals surface area contributed by atoms with Gasteiger partial charge in [0.1, 0.15) is 0 Å². The summed E-state index contributed by atoms with van der Waals surface area (Å²) in [5.74, 6) is -1.56. The van der Waals surface area contributed by atoms with Gasteiger partial charge in [-0.25, -0.2) is 14.4 Å². The minimum Gasteiger partial charge on any atom is -0.466 e. The summed E-state index contributed by atoms with van der Waals surface area (Å²) in [6.45, 7) is 0.349. The van der Waals surface area contributed by atoms with E-state index < -0.39 is 18.0 Å². The number of carbonyl (C=O) groups excluding carboxylic acids is 3. The average Bonchev–Trinajstić information content (AvgIpc) is 2.65. The van der Waals surface area contributed by atoms with Gasteiger partial charge in [-0.15, -0.1) is 0 Å². The number of hydrogen-bond donors (Lipinski definition) is 2. The van der Waals surface area contributed by atoms with Gasteiger partial charge >= 0.3 is 18.0 Å². The molecule has 140 valence electrons. The van der Waals surface area contributed by atoms with Gasteiger partial charge in [-0.2, -0.15) is 0 Å². The molecule has 0 spiro atoms. The molecule has 0 fully saturated rings. The van der Waals surface area contributed by atoms with E-state index in [9.17, 15) is 14.4 Å². The van der Waals surface area contributed by atoms with E-state index in [2.05, 4.69) is 10.6 Å². The van der Waals surface area contributed by atoms with Gasteiger partial charge in [-0.3, -0.25) is 0 Å². The second kappa shape index (κ2) is 7.85. The molecule has 7 nitrogen and oxygen atoms in total. The molecule has 0 aromatic heterocycles. The molecule has 0 saturated carbocycles. The number of halogens is 2. The number of methoxy groups -OCH3 is 1. The molecule has 1 aliphatic rings. The van der Waals surface area contributed by atoms with E-state index >= 15 is 0 Å². The van der Waals surface area contributed by atoms with Crippen LogP contribution in [0.3, 0.4) is 0 Å². The molecular weight excluding hydrogens is 395 g/mol. The highest BCUT2D eigenvalue weighted by Gasteiger charge is 2.29. The number of hydrogen-bond acceptors (Lipinski definition) is 5. The van der Waals surface area contributed by atoms with Crippen LogP contribution in [0.25, 0.3) is 0 Å². The van der Waals surface area contributed by atoms with Gasteiger partial charge in [-0.1, -0.05) is 35.3 Å². The summed E-state index contributed by atoms with van der Waals surface area (Å²) in [7, 11) is 1.18. The van der Waals surface area contributed by atoms with Crippen molar-refractivity contribution in [2.24, 2.45) is 0 Å². The summed E-state index contributed by atoms with van der Waals surface area (Å²) >= 11 is 12.0. The highest BCUT2D eigenvalue weighted by Crippen LogP contribution is 2.30. The Kier molecular flexibility index (Phi) is 5.53. The van der Waals surface area contributed by atoms with Gasteiger partial charge in [-0.05, 0) is 29.8 Å². The van der Waals surface area contributed by atoms with Gasteiger partial charge in [0, 0.05) is 27.8 Å². The van der Waals surface area contributed by atoms with E-state index in [1.54, 1.807) is 6.07 Å². The van der Waals surface area contributed by atoms with E-state index in [4.69, 9.17) is 32.7 Å². The molecule has 0 radical (unpaired) electrons. The molecule has 2 aromatic rings. The number of ether oxygens (including phenoxy) is 2. The summed E-state index contributed by atoms with van der Waals surface area (Å²) in [4.78, 5) is 36.1. The van der Waals surface area contributed by atoms with Gasteiger partial charge in [0.2, 0.25) is 6.10 Å². The Labute approximate surface area is 164 Å². The highest BCUT2D eigenvalue weighted by molar-refractivity contribution is 6.35. The van der Waals surface area contributed by atoms with Crippen molar-refractivity contribution in [3.63, 3.8) is 0 Å². The minimum atomic E-state index is -1.36. The number of amides is 2. The Hall–Kier alpha value is -2.77. The zero-order chi connectivity index (χ0) is 19.6. The van der Waals surface area contributed by atoms with Gasteiger partial charge < -0.3 is 20.1 Å². The zero-order valence-corrected chi connectivity index (χ0v) is 15.6. The molecule has 3 rings (SSSR count). The fourth-order valence-electron chi connectivity index (χ4n) is 2.55. The number of esters is 2. The third-order valence-corrected chi connectivity index (χ3v) is 4.48. The first-order valence-corrected chi connectivity index (χ1v) is 8.56. The summed E-state index contributed by atoms with van der Waals surface area (Å²) in [5, 5.41) is 5.76. The fraction of sp³-hybridized carbons (Fsp3) is 0.167. The number of benzene rings is 2. The maximum Gasteiger partial charge on any atom is 0.352 e. The Morgan fingerprint density at radius 2 is 1.93 bits per heavy atom. The van der Waals surface area contributed by atoms with Gasteiger partial charge in [0.25, 0.3) is 0 Å². The predicted octanol–water partition coefficient (Wildman–Crippen LogP) is 3.70. The van der Waals surface area contributed by atoms with Gasteiger partial charge in [0.15, 0.2) is 0 Å². The largest absolute Gasteiger partial charge is 0.466 e. The lowest BCUT2D eigenvalue weighted by Gasteiger charge is -2.20. The maximum atomic E-state index is 12.6. The SMILES string of the molecule is COC(=O)C(OC(=O)c1ccc2c(c1)NC(=O)NC2)c1ccc(Cl)cc1Cl. The second-order valence-corrected chi connectivity index (χ2v) is 6.50. The summed E-state index contributed by atoms with van der Waals surface area (Å²) < 4.78 is 10.1. The summed E-state index contributed by atoms with van der Waals surface area (Å²) in [6, 6.07) is 8.77. The molecule has 9 heteroatoms. The Morgan fingerprint density at radius 1 is 1.15 bits per heavy atom. The molecular formula is C18H14Cl2N2O5. The van der Waals surface area contributed by atoms with Crippen molar-refractivity contribution in [1.29, 1.82) is 0 Å². The predicted molar refractivity (Wildman–Crippen MR) is 98.9 cm³/mol. The third-order valence-electron chi connectivity index (χ3n) is 3.92. The first-order valence-electron chi connectivity index (χ1n) is 7.80. The Bertz CT molecular complexity index is 932. The van der Waals surface area contributed by atoms with Crippen LogP contribution < -0.4 is 10.6 Å². The molecule has 2 N–H and O–H groups in total. The number of nitrogens with one attached hydrogen (secondary N) is 2. The van der Waals surface area contributed by atoms with Crippen molar-refractivity contribution < 1.29 is 23.9 Å². The molecule has 0 bridgehead atoms. The molecule has 0 aliphatic carbocycles. The van der Waals surface area contributed by atoms with Crippen LogP contribution in [0.2, 0.25) is 10.0 Å². The smallest absolute Gasteiger partial charge is 0.352 e. The van der Waals surface area contributed by atoms with Crippen molar-refractivity contribution in [3.8, 4) is 0 Å². The number of fused-ring (bicyclic) bond motifs is 1. The van der Waals surface area contributed by atoms with Crippen molar-refractivity contribution >= 4 is 46.9 Å². The average molecular weight is 409 g/mol. The normalized spacial score (nSPS) is 13.7. The molecule has 1 aliphatic heterocycles. The van der Waals surface area contributed by atoms with E-state index in [1.807, 2.05) is 0 Å². The molecule has 2 aromatic carbocycles. The van der Waals surface area contributed by atoms with Crippen LogP contribution >= 0.6 is 23.2 Å². The maximum absolute atomic E-state index is 12.6. The van der Waals surface area contributed by atoms with Crippen molar-refractivity contribution in [2.45, 2.75) is 12.6 Å². The number of urea groups is 1. The Balaban J connectivity index is 1.88. The lowest BCUT2D eigenvalue weighted by atomic mass is 10.1. The lowest BCUT2D eigenvalue weighted by molar-refractivity contribution is -0.151. The van der Waals surface area contributed by atoms with E-state index in [1.165, 1.54) is 37.4 Å². The van der Waals surface area contributed by atoms with E-state index in [-0.39, 0.29) is 22.2 Å². The first-order chi connectivity index (χ1) is 12.9. The first kappa shape index (κ1) is 19.0. The number of anilines is 1. The highest BCUT2D eigenvalue weighted by atomic mass is 35.5. The third kappa shape index (κ3) is 4.15. The van der Waals surface area contributed by atoms with Gasteiger partial charge in [0.05, 0.1) is 12.7 Å². The molecule has 1 heterocycles. The van der Waals surface area contributed by atoms with Crippen LogP contribution in [0.1, 0.15) is 27.6 Å². The van der Waals surface area contributed by atoms with Crippen molar-refractivity contribution in [1.82, 2.24) is 5.32 Å². The van der Waals surface area contributed by atoms with Crippen LogP contribution in [0.5, 0.6) is 0 Å². The van der Waals surface area contributed by atoms with Crippen LogP contribution in [-0.4, -0.2) is 25.1 Å². The molecule has 1 unspecified atom stereocenters. The van der Waals surface area contributed by atoms with Crippen molar-refractivity contribution in [3.05, 3.63) is 63.1 Å². The van der Waals surface area contributed by atoms with Crippen LogP contribution in [0.15, 0.2) is 36.4 Å². The van der Waals surface area contributed by atoms with E-state index in [0.29, 0.717) is 17.3 Å². The summed E-state index contributed by atoms with van der Waals surface area (Å²) in [5.41, 5.74) is 1.72. The quantitative estimate of drug-likeness (QED) is 0.752.